The minimum Gasteiger partial charge on any atom is -0.369 e. The summed E-state index contributed by atoms with van der Waals surface area (Å²) < 4.78 is 1.86. The van der Waals surface area contributed by atoms with Crippen LogP contribution in [0.3, 0.4) is 0 Å². The Morgan fingerprint density at radius 3 is 2.82 bits per heavy atom. The molecule has 0 atom stereocenters. The molecule has 17 heavy (non-hydrogen) atoms. The number of primary amides is 1. The summed E-state index contributed by atoms with van der Waals surface area (Å²) in [7, 11) is 0. The normalized spacial score (nSPS) is 15.8. The fraction of sp³-hybridized carbons (Fsp3) is 0.800. The van der Waals surface area contributed by atoms with Gasteiger partial charge >= 0.3 is 0 Å². The minimum atomic E-state index is -0.329. The van der Waals surface area contributed by atoms with E-state index in [0.29, 0.717) is 12.6 Å². The molecule has 1 aliphatic carbocycles. The lowest BCUT2D eigenvalue weighted by atomic mass is 10.3. The molecule has 94 valence electrons. The van der Waals surface area contributed by atoms with Gasteiger partial charge in [-0.1, -0.05) is 0 Å². The van der Waals surface area contributed by atoms with Gasteiger partial charge in [0, 0.05) is 6.04 Å². The van der Waals surface area contributed by atoms with Crippen molar-refractivity contribution in [3.63, 3.8) is 0 Å². The first kappa shape index (κ1) is 12.0. The number of carbonyl (C=O) groups is 1. The summed E-state index contributed by atoms with van der Waals surface area (Å²) in [5.41, 5.74) is 5.23. The third-order valence-electron chi connectivity index (χ3n) is 2.89. The van der Waals surface area contributed by atoms with Crippen molar-refractivity contribution in [1.29, 1.82) is 0 Å². The first-order valence-corrected chi connectivity index (χ1v) is 5.87. The zero-order valence-corrected chi connectivity index (χ0v) is 10.2. The molecule has 7 nitrogen and oxygen atoms in total. The molecule has 0 spiro atoms. The molecule has 0 saturated heterocycles. The molecule has 7 heteroatoms. The van der Waals surface area contributed by atoms with Crippen LogP contribution in [0.25, 0.3) is 0 Å². The molecule has 0 aromatic carbocycles. The van der Waals surface area contributed by atoms with Crippen LogP contribution in [0.15, 0.2) is 0 Å². The second-order valence-electron chi connectivity index (χ2n) is 4.74. The molecule has 1 saturated carbocycles. The van der Waals surface area contributed by atoms with Gasteiger partial charge in [0.05, 0.1) is 19.1 Å². The summed E-state index contributed by atoms with van der Waals surface area (Å²) in [6.45, 7) is 4.84. The van der Waals surface area contributed by atoms with Crippen molar-refractivity contribution in [2.24, 2.45) is 5.73 Å². The number of hydrogen-bond donors (Lipinski definition) is 1. The van der Waals surface area contributed by atoms with E-state index in [4.69, 9.17) is 5.73 Å². The molecule has 1 fully saturated rings. The first-order valence-electron chi connectivity index (χ1n) is 5.87. The van der Waals surface area contributed by atoms with Crippen LogP contribution in [0.4, 0.5) is 0 Å². The quantitative estimate of drug-likeness (QED) is 0.735. The molecule has 2 rings (SSSR count). The van der Waals surface area contributed by atoms with Crippen LogP contribution in [0, 0.1) is 0 Å². The highest BCUT2D eigenvalue weighted by Crippen LogP contribution is 2.34. The average Bonchev–Trinajstić information content (AvgIpc) is 2.98. The maximum atomic E-state index is 11.0. The van der Waals surface area contributed by atoms with Crippen molar-refractivity contribution in [2.75, 3.05) is 6.54 Å². The third-order valence-corrected chi connectivity index (χ3v) is 2.89. The molecule has 1 aromatic heterocycles. The Morgan fingerprint density at radius 2 is 2.29 bits per heavy atom. The van der Waals surface area contributed by atoms with Gasteiger partial charge < -0.3 is 5.73 Å². The van der Waals surface area contributed by atoms with E-state index >= 15 is 0 Å². The van der Waals surface area contributed by atoms with Crippen molar-refractivity contribution in [1.82, 2.24) is 25.1 Å². The van der Waals surface area contributed by atoms with Crippen LogP contribution >= 0.6 is 0 Å². The van der Waals surface area contributed by atoms with Gasteiger partial charge in [-0.3, -0.25) is 9.69 Å². The van der Waals surface area contributed by atoms with E-state index in [1.165, 1.54) is 0 Å². The lowest BCUT2D eigenvalue weighted by Gasteiger charge is -2.24. The Morgan fingerprint density at radius 1 is 1.59 bits per heavy atom. The van der Waals surface area contributed by atoms with E-state index in [-0.39, 0.29) is 18.5 Å². The third kappa shape index (κ3) is 3.00. The number of carbonyl (C=O) groups excluding carboxylic acids is 1. The van der Waals surface area contributed by atoms with Crippen molar-refractivity contribution in [3.05, 3.63) is 5.82 Å². The molecule has 2 N–H and O–H groups in total. The fourth-order valence-electron chi connectivity index (χ4n) is 1.72. The van der Waals surface area contributed by atoms with Crippen LogP contribution < -0.4 is 5.73 Å². The van der Waals surface area contributed by atoms with E-state index < -0.39 is 0 Å². The van der Waals surface area contributed by atoms with Gasteiger partial charge in [0.25, 0.3) is 0 Å². The van der Waals surface area contributed by atoms with E-state index in [0.717, 1.165) is 18.7 Å². The Bertz CT molecular complexity index is 397. The molecule has 0 bridgehead atoms. The minimum absolute atomic E-state index is 0.229. The number of amides is 1. The lowest BCUT2D eigenvalue weighted by molar-refractivity contribution is -0.119. The number of nitrogens with zero attached hydrogens (tertiary/aromatic N) is 5. The van der Waals surface area contributed by atoms with E-state index in [1.54, 1.807) is 0 Å². The highest BCUT2D eigenvalue weighted by molar-refractivity contribution is 5.75. The van der Waals surface area contributed by atoms with Crippen LogP contribution in [-0.2, 0) is 11.3 Å². The molecule has 1 aromatic rings. The zero-order valence-electron chi connectivity index (χ0n) is 10.2. The van der Waals surface area contributed by atoms with E-state index in [9.17, 15) is 4.79 Å². The van der Waals surface area contributed by atoms with E-state index in [2.05, 4.69) is 15.5 Å². The Balaban J connectivity index is 2.05. The number of hydrogen-bond acceptors (Lipinski definition) is 5. The zero-order chi connectivity index (χ0) is 12.4. The first-order chi connectivity index (χ1) is 8.08. The van der Waals surface area contributed by atoms with Gasteiger partial charge in [-0.05, 0) is 37.1 Å². The molecular weight excluding hydrogens is 220 g/mol. The summed E-state index contributed by atoms with van der Waals surface area (Å²) in [5, 5.41) is 11.7. The number of aromatic nitrogens is 4. The Kier molecular flexibility index (Phi) is 3.37. The van der Waals surface area contributed by atoms with Gasteiger partial charge in [-0.15, -0.1) is 5.10 Å². The molecule has 0 radical (unpaired) electrons. The summed E-state index contributed by atoms with van der Waals surface area (Å²) in [4.78, 5) is 13.0. The van der Waals surface area contributed by atoms with Crippen molar-refractivity contribution in [2.45, 2.75) is 45.3 Å². The predicted octanol–water partition coefficient (Wildman–Crippen LogP) is -0.296. The van der Waals surface area contributed by atoms with Gasteiger partial charge in [0.15, 0.2) is 5.82 Å². The molecule has 0 aliphatic heterocycles. The van der Waals surface area contributed by atoms with Gasteiger partial charge in [0.1, 0.15) is 0 Å². The summed E-state index contributed by atoms with van der Waals surface area (Å²) in [6.07, 6.45) is 2.27. The van der Waals surface area contributed by atoms with Crippen LogP contribution in [-0.4, -0.2) is 43.6 Å². The maximum Gasteiger partial charge on any atom is 0.231 e. The molecule has 1 amide bonds. The summed E-state index contributed by atoms with van der Waals surface area (Å²) in [6, 6.07) is 0.675. The topological polar surface area (TPSA) is 89.9 Å². The van der Waals surface area contributed by atoms with Gasteiger partial charge in [-0.25, -0.2) is 4.68 Å². The monoisotopic (exact) mass is 238 g/mol. The molecular formula is C10H18N6O. The number of tetrazole rings is 1. The standard InChI is InChI=1S/C10H18N6O/c1-7(2)15(5-9(11)17)6-10-12-13-14-16(10)8-3-4-8/h7-8H,3-6H2,1-2H3,(H2,11,17). The highest BCUT2D eigenvalue weighted by Gasteiger charge is 2.28. The smallest absolute Gasteiger partial charge is 0.231 e. The largest absolute Gasteiger partial charge is 0.369 e. The maximum absolute atomic E-state index is 11.0. The molecule has 1 aliphatic rings. The van der Waals surface area contributed by atoms with Crippen LogP contribution in [0.1, 0.15) is 38.6 Å². The molecule has 0 unspecified atom stereocenters. The number of rotatable bonds is 6. The van der Waals surface area contributed by atoms with Gasteiger partial charge in [-0.2, -0.15) is 0 Å². The van der Waals surface area contributed by atoms with Crippen LogP contribution in [0.2, 0.25) is 0 Å². The second kappa shape index (κ2) is 4.79. The van der Waals surface area contributed by atoms with Crippen LogP contribution in [0.5, 0.6) is 0 Å². The van der Waals surface area contributed by atoms with Gasteiger partial charge in [0.2, 0.25) is 5.91 Å². The predicted molar refractivity (Wildman–Crippen MR) is 60.8 cm³/mol. The fourth-order valence-corrected chi connectivity index (χ4v) is 1.72. The second-order valence-corrected chi connectivity index (χ2v) is 4.74. The highest BCUT2D eigenvalue weighted by atomic mass is 16.1. The molecule has 1 heterocycles. The van der Waals surface area contributed by atoms with E-state index in [1.807, 2.05) is 23.4 Å². The summed E-state index contributed by atoms with van der Waals surface area (Å²) in [5.74, 6) is 0.478. The van der Waals surface area contributed by atoms with Crippen molar-refractivity contribution < 1.29 is 4.79 Å². The SMILES string of the molecule is CC(C)N(CC(N)=O)Cc1nnnn1C1CC1. The Labute approximate surface area is 100.0 Å². The average molecular weight is 238 g/mol. The van der Waals surface area contributed by atoms with Crippen molar-refractivity contribution in [3.8, 4) is 0 Å². The lowest BCUT2D eigenvalue weighted by Crippen LogP contribution is -2.38. The Hall–Kier alpha value is -1.50. The summed E-state index contributed by atoms with van der Waals surface area (Å²) >= 11 is 0. The number of nitrogens with two attached hydrogens (primary N) is 1. The van der Waals surface area contributed by atoms with Crippen molar-refractivity contribution >= 4 is 5.91 Å².